The number of ketones is 2. The predicted molar refractivity (Wildman–Crippen MR) is 116 cm³/mol. The Balaban J connectivity index is 1.56. The van der Waals surface area contributed by atoms with Gasteiger partial charge < -0.3 is 11.5 Å². The van der Waals surface area contributed by atoms with E-state index in [1.165, 1.54) is 18.6 Å². The summed E-state index contributed by atoms with van der Waals surface area (Å²) >= 11 is 0. The van der Waals surface area contributed by atoms with Gasteiger partial charge in [-0.25, -0.2) is 15.0 Å². The minimum atomic E-state index is -0.306. The molecule has 0 radical (unpaired) electrons. The van der Waals surface area contributed by atoms with Crippen molar-refractivity contribution >= 4 is 34.6 Å². The number of nitrogen functional groups attached to an aromatic ring is 2. The first-order valence-corrected chi connectivity index (χ1v) is 9.47. The number of azo groups is 1. The van der Waals surface area contributed by atoms with Gasteiger partial charge >= 0.3 is 0 Å². The van der Waals surface area contributed by atoms with Crippen LogP contribution in [0, 0.1) is 0 Å². The molecule has 2 aromatic heterocycles. The van der Waals surface area contributed by atoms with Crippen LogP contribution in [0.15, 0.2) is 71.3 Å². The third-order valence-electron chi connectivity index (χ3n) is 4.92. The Morgan fingerprint density at radius 1 is 0.750 bits per heavy atom. The summed E-state index contributed by atoms with van der Waals surface area (Å²) in [5, 5.41) is 8.24. The van der Waals surface area contributed by atoms with Crippen LogP contribution in [0.25, 0.3) is 11.5 Å². The Hall–Kier alpha value is -4.86. The number of carbonyl (C=O) groups excluding carboxylic acids is 2. The van der Waals surface area contributed by atoms with Gasteiger partial charge in [0.25, 0.3) is 0 Å². The molecule has 2 aromatic carbocycles. The molecule has 0 fully saturated rings. The zero-order chi connectivity index (χ0) is 22.2. The number of nitrogens with zero attached hydrogens (tertiary/aromatic N) is 6. The minimum Gasteiger partial charge on any atom is -0.382 e. The van der Waals surface area contributed by atoms with E-state index >= 15 is 0 Å². The highest BCUT2D eigenvalue weighted by atomic mass is 16.1. The number of rotatable bonds is 3. The fourth-order valence-corrected chi connectivity index (χ4v) is 3.44. The van der Waals surface area contributed by atoms with Gasteiger partial charge in [0.2, 0.25) is 0 Å². The summed E-state index contributed by atoms with van der Waals surface area (Å²) < 4.78 is 0. The van der Waals surface area contributed by atoms with Crippen LogP contribution in [0.4, 0.5) is 23.0 Å². The fraction of sp³-hybridized carbons (Fsp3) is 0. The molecule has 154 valence electrons. The topological polar surface area (TPSA) is 162 Å². The highest BCUT2D eigenvalue weighted by Crippen LogP contribution is 2.35. The summed E-state index contributed by atoms with van der Waals surface area (Å²) in [6.07, 6.45) is 4.49. The van der Waals surface area contributed by atoms with Crippen molar-refractivity contribution in [3.63, 3.8) is 0 Å². The van der Waals surface area contributed by atoms with Gasteiger partial charge in [0.05, 0.1) is 17.4 Å². The highest BCUT2D eigenvalue weighted by Gasteiger charge is 2.31. The first-order valence-electron chi connectivity index (χ1n) is 9.47. The van der Waals surface area contributed by atoms with Crippen molar-refractivity contribution in [3.05, 3.63) is 83.3 Å². The lowest BCUT2D eigenvalue weighted by Gasteiger charge is -2.18. The van der Waals surface area contributed by atoms with Crippen molar-refractivity contribution in [2.24, 2.45) is 10.2 Å². The average molecular weight is 422 g/mol. The molecule has 1 aliphatic carbocycles. The van der Waals surface area contributed by atoms with Gasteiger partial charge in [0, 0.05) is 29.1 Å². The zero-order valence-electron chi connectivity index (χ0n) is 16.4. The van der Waals surface area contributed by atoms with Crippen LogP contribution in [0.5, 0.6) is 0 Å². The number of anilines is 2. The Bertz CT molecular complexity index is 1410. The second kappa shape index (κ2) is 7.43. The summed E-state index contributed by atoms with van der Waals surface area (Å²) in [6.45, 7) is 0. The van der Waals surface area contributed by atoms with E-state index < -0.39 is 0 Å². The number of benzene rings is 2. The van der Waals surface area contributed by atoms with Gasteiger partial charge in [-0.3, -0.25) is 14.6 Å². The number of aromatic nitrogens is 4. The van der Waals surface area contributed by atoms with Crippen LogP contribution >= 0.6 is 0 Å². The predicted octanol–water partition coefficient (Wildman–Crippen LogP) is 3.29. The number of nitrogens with two attached hydrogens (primary N) is 2. The van der Waals surface area contributed by atoms with E-state index in [1.807, 2.05) is 0 Å². The maximum atomic E-state index is 13.1. The van der Waals surface area contributed by atoms with Gasteiger partial charge in [0.1, 0.15) is 5.69 Å². The molecule has 0 aliphatic heterocycles. The maximum Gasteiger partial charge on any atom is 0.196 e. The largest absolute Gasteiger partial charge is 0.382 e. The standard InChI is InChI=1S/C22H14N8O2/c23-20-17(21(24)28-22(27-20)15-10-25-8-9-26-15)30-29-14-7-3-6-13-16(14)19(32)12-5-2-1-4-11(12)18(13)31/h1-10H,(H4,23,24,27,28)/b30-29+. The third-order valence-corrected chi connectivity index (χ3v) is 4.92. The summed E-state index contributed by atoms with van der Waals surface area (Å²) in [5.74, 6) is -0.386. The first kappa shape index (κ1) is 19.1. The van der Waals surface area contributed by atoms with Crippen molar-refractivity contribution in [1.29, 1.82) is 0 Å². The smallest absolute Gasteiger partial charge is 0.196 e. The summed E-state index contributed by atoms with van der Waals surface area (Å²) in [7, 11) is 0. The molecule has 10 nitrogen and oxygen atoms in total. The van der Waals surface area contributed by atoms with Crippen LogP contribution in [-0.2, 0) is 0 Å². The van der Waals surface area contributed by atoms with Crippen molar-refractivity contribution in [1.82, 2.24) is 19.9 Å². The summed E-state index contributed by atoms with van der Waals surface area (Å²) in [4.78, 5) is 42.4. The summed E-state index contributed by atoms with van der Waals surface area (Å²) in [6, 6.07) is 11.5. The molecule has 0 spiro atoms. The Labute approximate surface area is 181 Å². The number of fused-ring (bicyclic) bond motifs is 2. The van der Waals surface area contributed by atoms with Crippen molar-refractivity contribution in [2.45, 2.75) is 0 Å². The molecule has 4 aromatic rings. The number of hydrogen-bond acceptors (Lipinski definition) is 10. The van der Waals surface area contributed by atoms with Crippen LogP contribution in [0.3, 0.4) is 0 Å². The van der Waals surface area contributed by atoms with Gasteiger partial charge in [-0.2, -0.15) is 0 Å². The van der Waals surface area contributed by atoms with Crippen molar-refractivity contribution in [2.75, 3.05) is 11.5 Å². The molecule has 32 heavy (non-hydrogen) atoms. The van der Waals surface area contributed by atoms with Gasteiger partial charge in [-0.05, 0) is 6.07 Å². The van der Waals surface area contributed by atoms with Gasteiger partial charge in [0.15, 0.2) is 34.7 Å². The van der Waals surface area contributed by atoms with Crippen molar-refractivity contribution < 1.29 is 9.59 Å². The quantitative estimate of drug-likeness (QED) is 0.418. The zero-order valence-corrected chi connectivity index (χ0v) is 16.4. The Morgan fingerprint density at radius 2 is 1.44 bits per heavy atom. The molecule has 0 unspecified atom stereocenters. The third kappa shape index (κ3) is 3.06. The normalized spacial score (nSPS) is 12.6. The molecule has 5 rings (SSSR count). The molecule has 0 saturated carbocycles. The fourth-order valence-electron chi connectivity index (χ4n) is 3.44. The van der Waals surface area contributed by atoms with Gasteiger partial charge in [-0.15, -0.1) is 10.2 Å². The lowest BCUT2D eigenvalue weighted by atomic mass is 9.83. The second-order valence-corrected chi connectivity index (χ2v) is 6.86. The minimum absolute atomic E-state index is 0.0144. The van der Waals surface area contributed by atoms with Crippen LogP contribution in [-0.4, -0.2) is 31.5 Å². The summed E-state index contributed by atoms with van der Waals surface area (Å²) in [5.41, 5.74) is 13.8. The van der Waals surface area contributed by atoms with E-state index in [1.54, 1.807) is 42.5 Å². The monoisotopic (exact) mass is 422 g/mol. The molecule has 4 N–H and O–H groups in total. The molecule has 10 heteroatoms. The SMILES string of the molecule is Nc1nc(-c2cnccn2)nc(N)c1/N=N/c1cccc2c1C(=O)c1ccccc1C2=O. The second-order valence-electron chi connectivity index (χ2n) is 6.86. The van der Waals surface area contributed by atoms with Crippen LogP contribution in [0.2, 0.25) is 0 Å². The van der Waals surface area contributed by atoms with E-state index in [0.29, 0.717) is 16.8 Å². The number of carbonyl (C=O) groups is 2. The average Bonchev–Trinajstić information content (AvgIpc) is 2.82. The highest BCUT2D eigenvalue weighted by molar-refractivity contribution is 6.29. The molecule has 0 atom stereocenters. The number of hydrogen-bond donors (Lipinski definition) is 2. The molecule has 0 bridgehead atoms. The van der Waals surface area contributed by atoms with E-state index in [0.717, 1.165) is 0 Å². The van der Waals surface area contributed by atoms with E-state index in [2.05, 4.69) is 30.2 Å². The Kier molecular flexibility index (Phi) is 4.44. The van der Waals surface area contributed by atoms with E-state index in [4.69, 9.17) is 11.5 Å². The first-order chi connectivity index (χ1) is 15.5. The van der Waals surface area contributed by atoms with E-state index in [9.17, 15) is 9.59 Å². The molecular formula is C22H14N8O2. The molecule has 2 heterocycles. The molecule has 1 aliphatic rings. The molecule has 0 saturated heterocycles. The lowest BCUT2D eigenvalue weighted by Crippen LogP contribution is -2.20. The molecular weight excluding hydrogens is 408 g/mol. The van der Waals surface area contributed by atoms with Crippen LogP contribution in [0.1, 0.15) is 31.8 Å². The van der Waals surface area contributed by atoms with Crippen LogP contribution < -0.4 is 11.5 Å². The van der Waals surface area contributed by atoms with Gasteiger partial charge in [-0.1, -0.05) is 36.4 Å². The Morgan fingerprint density at radius 3 is 2.12 bits per heavy atom. The van der Waals surface area contributed by atoms with Crippen molar-refractivity contribution in [3.8, 4) is 11.5 Å². The van der Waals surface area contributed by atoms with E-state index in [-0.39, 0.29) is 51.5 Å². The molecule has 0 amide bonds. The maximum absolute atomic E-state index is 13.1. The lowest BCUT2D eigenvalue weighted by molar-refractivity contribution is 0.0979.